The maximum atomic E-state index is 6.39. The van der Waals surface area contributed by atoms with Crippen LogP contribution < -0.4 is 4.74 Å². The monoisotopic (exact) mass is 552 g/mol. The zero-order valence-corrected chi connectivity index (χ0v) is 25.4. The van der Waals surface area contributed by atoms with E-state index in [0.717, 1.165) is 39.8 Å². The highest BCUT2D eigenvalue weighted by molar-refractivity contribution is 5.87. The number of aromatic nitrogens is 4. The highest BCUT2D eigenvalue weighted by atomic mass is 16.5. The molecule has 2 aromatic heterocycles. The molecule has 0 fully saturated rings. The molecule has 0 aliphatic carbocycles. The number of imidazole rings is 1. The van der Waals surface area contributed by atoms with Gasteiger partial charge in [0.05, 0.1) is 17.6 Å². The maximum absolute atomic E-state index is 6.39. The standard InChI is InChI=1S/C37H36N4O/c1-23-16-25(3)34(26(4)17-23)33-22-39-41(36(33)35-27(5)18-24(2)19-28(35)6)30-11-9-13-32(21-30)42-31-12-8-10-29(20-31)37-38-14-15-40(37)7/h8-22H,1-7H3. The summed E-state index contributed by atoms with van der Waals surface area (Å²) in [4.78, 5) is 4.49. The van der Waals surface area contributed by atoms with Crippen molar-refractivity contribution in [1.82, 2.24) is 19.3 Å². The van der Waals surface area contributed by atoms with Crippen molar-refractivity contribution in [3.63, 3.8) is 0 Å². The van der Waals surface area contributed by atoms with Gasteiger partial charge in [-0.3, -0.25) is 0 Å². The molecule has 0 bridgehead atoms. The molecule has 0 radical (unpaired) electrons. The van der Waals surface area contributed by atoms with Crippen LogP contribution in [0.1, 0.15) is 33.4 Å². The van der Waals surface area contributed by atoms with Crippen LogP contribution in [-0.2, 0) is 7.05 Å². The van der Waals surface area contributed by atoms with E-state index in [0.29, 0.717) is 0 Å². The Labute approximate surface area is 248 Å². The predicted octanol–water partition coefficient (Wildman–Crippen LogP) is 9.25. The molecule has 0 saturated heterocycles. The van der Waals surface area contributed by atoms with Gasteiger partial charge >= 0.3 is 0 Å². The highest BCUT2D eigenvalue weighted by Crippen LogP contribution is 2.41. The third-order valence-electron chi connectivity index (χ3n) is 7.84. The zero-order valence-electron chi connectivity index (χ0n) is 25.4. The van der Waals surface area contributed by atoms with Gasteiger partial charge in [0.2, 0.25) is 0 Å². The molecule has 4 aromatic carbocycles. The number of rotatable bonds is 6. The first kappa shape index (κ1) is 27.3. The molecule has 0 spiro atoms. The smallest absolute Gasteiger partial charge is 0.139 e. The van der Waals surface area contributed by atoms with Crippen molar-refractivity contribution in [2.45, 2.75) is 41.5 Å². The first-order valence-corrected chi connectivity index (χ1v) is 14.3. The van der Waals surface area contributed by atoms with Crippen molar-refractivity contribution in [3.8, 4) is 51.0 Å². The lowest BCUT2D eigenvalue weighted by Crippen LogP contribution is -2.03. The third-order valence-corrected chi connectivity index (χ3v) is 7.84. The normalized spacial score (nSPS) is 11.2. The van der Waals surface area contributed by atoms with Crippen LogP contribution in [0.4, 0.5) is 0 Å². The van der Waals surface area contributed by atoms with Gasteiger partial charge in [-0.2, -0.15) is 5.10 Å². The fourth-order valence-electron chi connectivity index (χ4n) is 6.28. The molecule has 0 aliphatic heterocycles. The minimum absolute atomic E-state index is 0.743. The van der Waals surface area contributed by atoms with Crippen LogP contribution in [0, 0.1) is 41.5 Å². The molecule has 0 atom stereocenters. The van der Waals surface area contributed by atoms with Gasteiger partial charge in [-0.05, 0) is 93.6 Å². The van der Waals surface area contributed by atoms with E-state index in [1.165, 1.54) is 44.5 Å². The van der Waals surface area contributed by atoms with Gasteiger partial charge in [0.1, 0.15) is 17.3 Å². The quantitative estimate of drug-likeness (QED) is 0.207. The first-order chi connectivity index (χ1) is 20.2. The molecule has 0 saturated carbocycles. The van der Waals surface area contributed by atoms with Gasteiger partial charge in [0, 0.05) is 42.2 Å². The molecule has 0 N–H and O–H groups in total. The van der Waals surface area contributed by atoms with Gasteiger partial charge < -0.3 is 9.30 Å². The van der Waals surface area contributed by atoms with Crippen molar-refractivity contribution in [3.05, 3.63) is 125 Å². The Balaban J connectivity index is 1.48. The fourth-order valence-corrected chi connectivity index (χ4v) is 6.28. The van der Waals surface area contributed by atoms with Gasteiger partial charge in [0.25, 0.3) is 0 Å². The summed E-state index contributed by atoms with van der Waals surface area (Å²) in [5.74, 6) is 2.39. The summed E-state index contributed by atoms with van der Waals surface area (Å²) in [5.41, 5.74) is 14.1. The summed E-state index contributed by atoms with van der Waals surface area (Å²) in [6.07, 6.45) is 5.77. The Bertz CT molecular complexity index is 1900. The van der Waals surface area contributed by atoms with Crippen LogP contribution in [0.3, 0.4) is 0 Å². The van der Waals surface area contributed by atoms with Crippen LogP contribution in [-0.4, -0.2) is 19.3 Å². The molecule has 5 heteroatoms. The third kappa shape index (κ3) is 5.03. The van der Waals surface area contributed by atoms with E-state index >= 15 is 0 Å². The highest BCUT2D eigenvalue weighted by Gasteiger charge is 2.22. The molecule has 2 heterocycles. The summed E-state index contributed by atoms with van der Waals surface area (Å²) >= 11 is 0. The molecule has 6 rings (SSSR count). The second kappa shape index (κ2) is 10.8. The summed E-state index contributed by atoms with van der Waals surface area (Å²) in [7, 11) is 1.99. The van der Waals surface area contributed by atoms with E-state index in [4.69, 9.17) is 9.84 Å². The van der Waals surface area contributed by atoms with Crippen LogP contribution in [0.25, 0.3) is 39.5 Å². The number of benzene rings is 4. The molecule has 5 nitrogen and oxygen atoms in total. The Hall–Kier alpha value is -4.90. The van der Waals surface area contributed by atoms with E-state index in [-0.39, 0.29) is 0 Å². The average molecular weight is 553 g/mol. The topological polar surface area (TPSA) is 44.9 Å². The van der Waals surface area contributed by atoms with E-state index in [9.17, 15) is 0 Å². The van der Waals surface area contributed by atoms with Crippen LogP contribution >= 0.6 is 0 Å². The minimum Gasteiger partial charge on any atom is -0.457 e. The van der Waals surface area contributed by atoms with Gasteiger partial charge in [-0.15, -0.1) is 0 Å². The Morgan fingerprint density at radius 1 is 0.667 bits per heavy atom. The predicted molar refractivity (Wildman–Crippen MR) is 172 cm³/mol. The molecule has 42 heavy (non-hydrogen) atoms. The number of aryl methyl sites for hydroxylation is 7. The Morgan fingerprint density at radius 2 is 1.26 bits per heavy atom. The van der Waals surface area contributed by atoms with Crippen molar-refractivity contribution in [2.75, 3.05) is 0 Å². The van der Waals surface area contributed by atoms with Crippen LogP contribution in [0.2, 0.25) is 0 Å². The zero-order chi connectivity index (χ0) is 29.5. The van der Waals surface area contributed by atoms with Crippen LogP contribution in [0.15, 0.2) is 91.4 Å². The van der Waals surface area contributed by atoms with Gasteiger partial charge in [0.15, 0.2) is 0 Å². The van der Waals surface area contributed by atoms with Gasteiger partial charge in [-0.1, -0.05) is 53.6 Å². The molecule has 0 amide bonds. The Kier molecular flexibility index (Phi) is 7.03. The molecular formula is C37H36N4O. The van der Waals surface area contributed by atoms with Crippen molar-refractivity contribution < 1.29 is 4.74 Å². The number of ether oxygens (including phenoxy) is 1. The first-order valence-electron chi connectivity index (χ1n) is 14.3. The maximum Gasteiger partial charge on any atom is 0.139 e. The number of hydrogen-bond donors (Lipinski definition) is 0. The fraction of sp³-hybridized carbons (Fsp3) is 0.189. The second-order valence-electron chi connectivity index (χ2n) is 11.4. The summed E-state index contributed by atoms with van der Waals surface area (Å²) in [6.45, 7) is 13.1. The van der Waals surface area contributed by atoms with Crippen LogP contribution in [0.5, 0.6) is 11.5 Å². The molecular weight excluding hydrogens is 516 g/mol. The van der Waals surface area contributed by atoms with E-state index in [2.05, 4.69) is 87.6 Å². The second-order valence-corrected chi connectivity index (χ2v) is 11.4. The summed E-state index contributed by atoms with van der Waals surface area (Å²) < 4.78 is 10.5. The summed E-state index contributed by atoms with van der Waals surface area (Å²) in [6, 6.07) is 25.2. The number of nitrogens with zero attached hydrogens (tertiary/aromatic N) is 4. The van der Waals surface area contributed by atoms with Crippen molar-refractivity contribution in [1.29, 1.82) is 0 Å². The van der Waals surface area contributed by atoms with Crippen molar-refractivity contribution >= 4 is 0 Å². The molecule has 210 valence electrons. The molecule has 0 aliphatic rings. The number of hydrogen-bond acceptors (Lipinski definition) is 3. The molecule has 6 aromatic rings. The Morgan fingerprint density at radius 3 is 1.88 bits per heavy atom. The van der Waals surface area contributed by atoms with E-state index in [1.807, 2.05) is 60.4 Å². The van der Waals surface area contributed by atoms with E-state index < -0.39 is 0 Å². The lowest BCUT2D eigenvalue weighted by Gasteiger charge is -2.18. The van der Waals surface area contributed by atoms with Crippen molar-refractivity contribution in [2.24, 2.45) is 7.05 Å². The SMILES string of the molecule is Cc1cc(C)c(-c2cnn(-c3cccc(Oc4cccc(-c5nccn5C)c4)c3)c2-c2c(C)cc(C)cc2C)c(C)c1. The summed E-state index contributed by atoms with van der Waals surface area (Å²) in [5, 5.41) is 5.00. The van der Waals surface area contributed by atoms with E-state index in [1.54, 1.807) is 6.20 Å². The largest absolute Gasteiger partial charge is 0.457 e. The average Bonchev–Trinajstić information content (AvgIpc) is 3.55. The minimum atomic E-state index is 0.743. The van der Waals surface area contributed by atoms with Gasteiger partial charge in [-0.25, -0.2) is 9.67 Å². The molecule has 0 unspecified atom stereocenters. The lowest BCUT2D eigenvalue weighted by atomic mass is 9.89. The lowest BCUT2D eigenvalue weighted by molar-refractivity contribution is 0.482.